The zero-order valence-electron chi connectivity index (χ0n) is 8.98. The van der Waals surface area contributed by atoms with Crippen LogP contribution in [0.25, 0.3) is 0 Å². The summed E-state index contributed by atoms with van der Waals surface area (Å²) in [6.07, 6.45) is 5.52. The molecule has 0 aliphatic carbocycles. The molecule has 0 aromatic heterocycles. The highest BCUT2D eigenvalue weighted by Crippen LogP contribution is 2.28. The Morgan fingerprint density at radius 1 is 1.53 bits per heavy atom. The Hall–Kier alpha value is -2.33. The van der Waals surface area contributed by atoms with Crippen LogP contribution in [0.4, 0.5) is 10.1 Å². The first kappa shape index (κ1) is 11.2. The molecule has 1 amide bonds. The van der Waals surface area contributed by atoms with Crippen molar-refractivity contribution in [2.24, 2.45) is 5.92 Å². The van der Waals surface area contributed by atoms with Crippen LogP contribution in [0.15, 0.2) is 18.2 Å². The lowest BCUT2D eigenvalue weighted by molar-refractivity contribution is -0.117. The first-order valence-electron chi connectivity index (χ1n) is 5.12. The van der Waals surface area contributed by atoms with Crippen LogP contribution in [0.3, 0.4) is 0 Å². The molecule has 0 spiro atoms. The zero-order valence-corrected chi connectivity index (χ0v) is 8.98. The fraction of sp³-hybridized carbons (Fsp3) is 0.231. The maximum absolute atomic E-state index is 13.2. The van der Waals surface area contributed by atoms with Crippen LogP contribution in [0.2, 0.25) is 0 Å². The molecule has 1 heterocycles. The SMILES string of the molecule is C#CC1CC(=O)N(c2cc(F)ccc2C#N)C1. The highest BCUT2D eigenvalue weighted by molar-refractivity contribution is 5.97. The maximum Gasteiger partial charge on any atom is 0.228 e. The summed E-state index contributed by atoms with van der Waals surface area (Å²) in [5.74, 6) is 1.69. The molecule has 0 bridgehead atoms. The highest BCUT2D eigenvalue weighted by Gasteiger charge is 2.30. The van der Waals surface area contributed by atoms with Crippen LogP contribution in [-0.2, 0) is 4.79 Å². The Bertz CT molecular complexity index is 554. The Morgan fingerprint density at radius 2 is 2.29 bits per heavy atom. The van der Waals surface area contributed by atoms with E-state index in [0.717, 1.165) is 0 Å². The van der Waals surface area contributed by atoms with Gasteiger partial charge in [-0.15, -0.1) is 12.3 Å². The number of halogens is 1. The molecule has 17 heavy (non-hydrogen) atoms. The molecule has 1 atom stereocenters. The molecule has 1 unspecified atom stereocenters. The Morgan fingerprint density at radius 3 is 2.88 bits per heavy atom. The van der Waals surface area contributed by atoms with Gasteiger partial charge in [0.05, 0.1) is 11.3 Å². The number of hydrogen-bond donors (Lipinski definition) is 0. The number of benzene rings is 1. The number of carbonyl (C=O) groups is 1. The lowest BCUT2D eigenvalue weighted by Gasteiger charge is -2.17. The van der Waals surface area contributed by atoms with Crippen molar-refractivity contribution >= 4 is 11.6 Å². The predicted octanol–water partition coefficient (Wildman–Crippen LogP) is 1.68. The largest absolute Gasteiger partial charge is 0.310 e. The predicted molar refractivity (Wildman–Crippen MR) is 60.4 cm³/mol. The third-order valence-corrected chi connectivity index (χ3v) is 2.73. The summed E-state index contributed by atoms with van der Waals surface area (Å²) >= 11 is 0. The summed E-state index contributed by atoms with van der Waals surface area (Å²) in [5.41, 5.74) is 0.577. The third kappa shape index (κ3) is 1.98. The lowest BCUT2D eigenvalue weighted by Crippen LogP contribution is -2.25. The standard InChI is InChI=1S/C13H9FN2O/c1-2-9-5-13(17)16(8-9)12-6-11(14)4-3-10(12)7-15/h1,3-4,6,9H,5,8H2. The number of anilines is 1. The van der Waals surface area contributed by atoms with E-state index in [1.165, 1.54) is 23.1 Å². The van der Waals surface area contributed by atoms with E-state index in [0.29, 0.717) is 12.2 Å². The summed E-state index contributed by atoms with van der Waals surface area (Å²) in [4.78, 5) is 13.1. The van der Waals surface area contributed by atoms with Crippen LogP contribution in [0.1, 0.15) is 12.0 Å². The van der Waals surface area contributed by atoms with Gasteiger partial charge in [-0.05, 0) is 18.2 Å². The molecule has 84 valence electrons. The number of terminal acetylenes is 1. The van der Waals surface area contributed by atoms with E-state index in [1.807, 2.05) is 6.07 Å². The maximum atomic E-state index is 13.2. The monoisotopic (exact) mass is 228 g/mol. The molecule has 4 heteroatoms. The second-order valence-corrected chi connectivity index (χ2v) is 3.85. The molecule has 1 aliphatic rings. The number of nitriles is 1. The van der Waals surface area contributed by atoms with E-state index in [2.05, 4.69) is 5.92 Å². The Kier molecular flexibility index (Phi) is 2.80. The smallest absolute Gasteiger partial charge is 0.228 e. The van der Waals surface area contributed by atoms with Crippen molar-refractivity contribution in [3.05, 3.63) is 29.6 Å². The number of amides is 1. The van der Waals surface area contributed by atoms with Crippen molar-refractivity contribution < 1.29 is 9.18 Å². The molecule has 1 saturated heterocycles. The second kappa shape index (κ2) is 4.27. The summed E-state index contributed by atoms with van der Waals surface area (Å²) in [6, 6.07) is 5.69. The number of nitrogens with zero attached hydrogens (tertiary/aromatic N) is 2. The van der Waals surface area contributed by atoms with Gasteiger partial charge in [-0.2, -0.15) is 5.26 Å². The van der Waals surface area contributed by atoms with E-state index in [4.69, 9.17) is 11.7 Å². The van der Waals surface area contributed by atoms with E-state index < -0.39 is 5.82 Å². The first-order chi connectivity index (χ1) is 8.15. The van der Waals surface area contributed by atoms with Crippen LogP contribution in [0.5, 0.6) is 0 Å². The van der Waals surface area contributed by atoms with Gasteiger partial charge in [-0.25, -0.2) is 4.39 Å². The molecule has 1 aromatic rings. The zero-order chi connectivity index (χ0) is 12.4. The van der Waals surface area contributed by atoms with Crippen molar-refractivity contribution in [3.63, 3.8) is 0 Å². The van der Waals surface area contributed by atoms with Gasteiger partial charge in [0.2, 0.25) is 5.91 Å². The van der Waals surface area contributed by atoms with Crippen LogP contribution >= 0.6 is 0 Å². The van der Waals surface area contributed by atoms with Gasteiger partial charge in [-0.3, -0.25) is 4.79 Å². The van der Waals surface area contributed by atoms with E-state index in [1.54, 1.807) is 0 Å². The molecule has 0 N–H and O–H groups in total. The summed E-state index contributed by atoms with van der Waals surface area (Å²) < 4.78 is 13.2. The number of hydrogen-bond acceptors (Lipinski definition) is 2. The van der Waals surface area contributed by atoms with Gasteiger partial charge < -0.3 is 4.90 Å². The lowest BCUT2D eigenvalue weighted by atomic mass is 10.1. The number of carbonyl (C=O) groups excluding carboxylic acids is 1. The van der Waals surface area contributed by atoms with Gasteiger partial charge in [-0.1, -0.05) is 0 Å². The minimum atomic E-state index is -0.476. The molecular formula is C13H9FN2O. The minimum Gasteiger partial charge on any atom is -0.310 e. The molecule has 1 fully saturated rings. The average molecular weight is 228 g/mol. The van der Waals surface area contributed by atoms with Gasteiger partial charge in [0.25, 0.3) is 0 Å². The van der Waals surface area contributed by atoms with Crippen molar-refractivity contribution in [1.82, 2.24) is 0 Å². The Labute approximate surface area is 98.5 Å². The Balaban J connectivity index is 2.42. The van der Waals surface area contributed by atoms with Gasteiger partial charge >= 0.3 is 0 Å². The average Bonchev–Trinajstić information content (AvgIpc) is 2.70. The van der Waals surface area contributed by atoms with E-state index in [9.17, 15) is 9.18 Å². The van der Waals surface area contributed by atoms with Crippen molar-refractivity contribution in [2.75, 3.05) is 11.4 Å². The molecule has 0 saturated carbocycles. The fourth-order valence-corrected chi connectivity index (χ4v) is 1.87. The molecule has 2 rings (SSSR count). The molecule has 0 radical (unpaired) electrons. The topological polar surface area (TPSA) is 44.1 Å². The van der Waals surface area contributed by atoms with Crippen LogP contribution < -0.4 is 4.90 Å². The molecule has 3 nitrogen and oxygen atoms in total. The highest BCUT2D eigenvalue weighted by atomic mass is 19.1. The second-order valence-electron chi connectivity index (χ2n) is 3.85. The normalized spacial score (nSPS) is 18.9. The fourth-order valence-electron chi connectivity index (χ4n) is 1.87. The van der Waals surface area contributed by atoms with E-state index in [-0.39, 0.29) is 23.8 Å². The van der Waals surface area contributed by atoms with Crippen molar-refractivity contribution in [1.29, 1.82) is 5.26 Å². The molecule has 1 aliphatic heterocycles. The molecule has 1 aromatic carbocycles. The summed E-state index contributed by atoms with van der Waals surface area (Å²) in [7, 11) is 0. The first-order valence-corrected chi connectivity index (χ1v) is 5.12. The van der Waals surface area contributed by atoms with E-state index >= 15 is 0 Å². The molecular weight excluding hydrogens is 219 g/mol. The number of rotatable bonds is 1. The van der Waals surface area contributed by atoms with Gasteiger partial charge in [0.15, 0.2) is 0 Å². The summed E-state index contributed by atoms with van der Waals surface area (Å²) in [5, 5.41) is 8.93. The van der Waals surface area contributed by atoms with Crippen molar-refractivity contribution in [3.8, 4) is 18.4 Å². The summed E-state index contributed by atoms with van der Waals surface area (Å²) in [6.45, 7) is 0.341. The van der Waals surface area contributed by atoms with Gasteiger partial charge in [0.1, 0.15) is 11.9 Å². The van der Waals surface area contributed by atoms with Gasteiger partial charge in [0, 0.05) is 18.9 Å². The quantitative estimate of drug-likeness (QED) is 0.686. The minimum absolute atomic E-state index is 0.169. The van der Waals surface area contributed by atoms with Crippen molar-refractivity contribution in [2.45, 2.75) is 6.42 Å². The van der Waals surface area contributed by atoms with Crippen LogP contribution in [-0.4, -0.2) is 12.5 Å². The third-order valence-electron chi connectivity index (χ3n) is 2.73. The van der Waals surface area contributed by atoms with Crippen LogP contribution in [0, 0.1) is 35.4 Å².